The van der Waals surface area contributed by atoms with E-state index in [0.717, 1.165) is 18.7 Å². The number of anilines is 1. The smallest absolute Gasteiger partial charge is 0.326 e. The van der Waals surface area contributed by atoms with Crippen molar-refractivity contribution in [3.8, 4) is 5.75 Å². The Morgan fingerprint density at radius 1 is 1.33 bits per heavy atom. The largest absolute Gasteiger partial charge is 0.508 e. The van der Waals surface area contributed by atoms with Crippen molar-refractivity contribution in [1.29, 1.82) is 0 Å². The maximum Gasteiger partial charge on any atom is 0.326 e. The van der Waals surface area contributed by atoms with E-state index in [1.807, 2.05) is 4.90 Å². The van der Waals surface area contributed by atoms with Crippen LogP contribution in [0.15, 0.2) is 24.3 Å². The van der Waals surface area contributed by atoms with Gasteiger partial charge in [-0.2, -0.15) is 0 Å². The first-order chi connectivity index (χ1) is 7.18. The Balaban J connectivity index is 2.22. The van der Waals surface area contributed by atoms with Crippen LogP contribution in [0.1, 0.15) is 12.8 Å². The van der Waals surface area contributed by atoms with Crippen LogP contribution >= 0.6 is 0 Å². The minimum Gasteiger partial charge on any atom is -0.508 e. The number of phenolic OH excluding ortho intramolecular Hbond substituents is 1. The zero-order chi connectivity index (χ0) is 10.8. The maximum atomic E-state index is 11.0. The van der Waals surface area contributed by atoms with Crippen LogP contribution in [0.4, 0.5) is 5.69 Å². The number of aromatic hydroxyl groups is 1. The zero-order valence-corrected chi connectivity index (χ0v) is 8.26. The third kappa shape index (κ3) is 1.88. The van der Waals surface area contributed by atoms with Gasteiger partial charge in [0.05, 0.1) is 0 Å². The van der Waals surface area contributed by atoms with Gasteiger partial charge < -0.3 is 15.1 Å². The third-order valence-corrected chi connectivity index (χ3v) is 2.72. The lowest BCUT2D eigenvalue weighted by Gasteiger charge is -2.23. The van der Waals surface area contributed by atoms with Crippen LogP contribution in [-0.2, 0) is 4.79 Å². The van der Waals surface area contributed by atoms with Gasteiger partial charge in [-0.3, -0.25) is 0 Å². The van der Waals surface area contributed by atoms with E-state index < -0.39 is 12.0 Å². The molecule has 2 rings (SSSR count). The fourth-order valence-corrected chi connectivity index (χ4v) is 1.98. The summed E-state index contributed by atoms with van der Waals surface area (Å²) in [5.41, 5.74) is 0.859. The molecule has 0 aromatic heterocycles. The van der Waals surface area contributed by atoms with Gasteiger partial charge in [0.1, 0.15) is 11.8 Å². The fourth-order valence-electron chi connectivity index (χ4n) is 1.98. The monoisotopic (exact) mass is 207 g/mol. The van der Waals surface area contributed by atoms with Gasteiger partial charge in [0.15, 0.2) is 0 Å². The summed E-state index contributed by atoms with van der Waals surface area (Å²) in [7, 11) is 0. The van der Waals surface area contributed by atoms with Crippen LogP contribution in [0.25, 0.3) is 0 Å². The van der Waals surface area contributed by atoms with Crippen molar-refractivity contribution < 1.29 is 15.0 Å². The molecule has 1 aromatic rings. The first-order valence-corrected chi connectivity index (χ1v) is 4.97. The van der Waals surface area contributed by atoms with E-state index in [-0.39, 0.29) is 5.75 Å². The minimum atomic E-state index is -0.777. The maximum absolute atomic E-state index is 11.0. The van der Waals surface area contributed by atoms with E-state index in [1.165, 1.54) is 0 Å². The zero-order valence-electron chi connectivity index (χ0n) is 8.26. The molecule has 1 aliphatic heterocycles. The molecule has 1 saturated heterocycles. The summed E-state index contributed by atoms with van der Waals surface area (Å²) >= 11 is 0. The number of carboxylic acids is 1. The first-order valence-electron chi connectivity index (χ1n) is 4.97. The SMILES string of the molecule is O=C(O)C1CCCN1c1ccc(O)cc1. The molecule has 1 aliphatic rings. The Morgan fingerprint density at radius 3 is 2.60 bits per heavy atom. The molecule has 1 heterocycles. The van der Waals surface area contributed by atoms with Gasteiger partial charge in [-0.05, 0) is 37.1 Å². The second-order valence-corrected chi connectivity index (χ2v) is 3.71. The lowest BCUT2D eigenvalue weighted by Crippen LogP contribution is -2.35. The van der Waals surface area contributed by atoms with Crippen LogP contribution in [0.3, 0.4) is 0 Å². The van der Waals surface area contributed by atoms with Crippen molar-refractivity contribution in [2.45, 2.75) is 18.9 Å². The highest BCUT2D eigenvalue weighted by Crippen LogP contribution is 2.26. The van der Waals surface area contributed by atoms with Crippen molar-refractivity contribution >= 4 is 11.7 Å². The van der Waals surface area contributed by atoms with Crippen LogP contribution in [0.2, 0.25) is 0 Å². The number of hydrogen-bond donors (Lipinski definition) is 2. The summed E-state index contributed by atoms with van der Waals surface area (Å²) in [6.07, 6.45) is 1.59. The molecular weight excluding hydrogens is 194 g/mol. The molecule has 1 fully saturated rings. The summed E-state index contributed by atoms with van der Waals surface area (Å²) in [5.74, 6) is -0.578. The Kier molecular flexibility index (Phi) is 2.49. The normalized spacial score (nSPS) is 20.5. The second kappa shape index (κ2) is 3.81. The molecule has 4 nitrogen and oxygen atoms in total. The lowest BCUT2D eigenvalue weighted by atomic mass is 10.2. The van der Waals surface area contributed by atoms with E-state index >= 15 is 0 Å². The molecule has 4 heteroatoms. The van der Waals surface area contributed by atoms with Crippen LogP contribution in [-0.4, -0.2) is 28.8 Å². The highest BCUT2D eigenvalue weighted by atomic mass is 16.4. The van der Waals surface area contributed by atoms with Crippen molar-refractivity contribution in [2.24, 2.45) is 0 Å². The minimum absolute atomic E-state index is 0.199. The van der Waals surface area contributed by atoms with Crippen molar-refractivity contribution in [2.75, 3.05) is 11.4 Å². The summed E-state index contributed by atoms with van der Waals surface area (Å²) in [6.45, 7) is 0.766. The Labute approximate surface area is 87.8 Å². The number of nitrogens with zero attached hydrogens (tertiary/aromatic N) is 1. The van der Waals surface area contributed by atoms with Gasteiger partial charge in [-0.15, -0.1) is 0 Å². The Hall–Kier alpha value is -1.71. The van der Waals surface area contributed by atoms with Crippen molar-refractivity contribution in [3.63, 3.8) is 0 Å². The molecule has 1 unspecified atom stereocenters. The molecule has 0 saturated carbocycles. The van der Waals surface area contributed by atoms with Gasteiger partial charge >= 0.3 is 5.97 Å². The molecule has 0 radical (unpaired) electrons. The highest BCUT2D eigenvalue weighted by molar-refractivity contribution is 5.79. The van der Waals surface area contributed by atoms with Gasteiger partial charge in [-0.1, -0.05) is 0 Å². The van der Waals surface area contributed by atoms with Crippen molar-refractivity contribution in [3.05, 3.63) is 24.3 Å². The molecule has 15 heavy (non-hydrogen) atoms. The van der Waals surface area contributed by atoms with E-state index in [4.69, 9.17) is 10.2 Å². The molecule has 0 amide bonds. The van der Waals surface area contributed by atoms with Crippen molar-refractivity contribution in [1.82, 2.24) is 0 Å². The predicted molar refractivity (Wildman–Crippen MR) is 56.1 cm³/mol. The van der Waals surface area contributed by atoms with Gasteiger partial charge in [0.25, 0.3) is 0 Å². The first kappa shape index (κ1) is 9.83. The number of aliphatic carboxylic acids is 1. The molecule has 0 aliphatic carbocycles. The highest BCUT2D eigenvalue weighted by Gasteiger charge is 2.30. The fraction of sp³-hybridized carbons (Fsp3) is 0.364. The molecule has 80 valence electrons. The third-order valence-electron chi connectivity index (χ3n) is 2.72. The summed E-state index contributed by atoms with van der Waals surface area (Å²) in [6, 6.07) is 6.22. The number of phenols is 1. The van der Waals surface area contributed by atoms with Crippen LogP contribution in [0.5, 0.6) is 5.75 Å². The molecule has 1 aromatic carbocycles. The number of hydrogen-bond acceptors (Lipinski definition) is 3. The number of carbonyl (C=O) groups is 1. The second-order valence-electron chi connectivity index (χ2n) is 3.71. The predicted octanol–water partition coefficient (Wildman–Crippen LogP) is 1.45. The van der Waals surface area contributed by atoms with Gasteiger partial charge in [0, 0.05) is 12.2 Å². The average molecular weight is 207 g/mol. The van der Waals surface area contributed by atoms with Crippen LogP contribution in [0, 0.1) is 0 Å². The Morgan fingerprint density at radius 2 is 2.00 bits per heavy atom. The number of benzene rings is 1. The number of carboxylic acid groups (broad SMARTS) is 1. The molecular formula is C11H13NO3. The van der Waals surface area contributed by atoms with Crippen LogP contribution < -0.4 is 4.90 Å². The van der Waals surface area contributed by atoms with E-state index in [9.17, 15) is 4.79 Å². The molecule has 2 N–H and O–H groups in total. The van der Waals surface area contributed by atoms with E-state index in [2.05, 4.69) is 0 Å². The lowest BCUT2D eigenvalue weighted by molar-refractivity contribution is -0.138. The number of rotatable bonds is 2. The summed E-state index contributed by atoms with van der Waals surface area (Å²) in [5, 5.41) is 18.1. The van der Waals surface area contributed by atoms with Gasteiger partial charge in [0.2, 0.25) is 0 Å². The van der Waals surface area contributed by atoms with Gasteiger partial charge in [-0.25, -0.2) is 4.79 Å². The molecule has 1 atom stereocenters. The quantitative estimate of drug-likeness (QED) is 0.770. The molecule has 0 bridgehead atoms. The van der Waals surface area contributed by atoms with E-state index in [0.29, 0.717) is 6.42 Å². The Bertz CT molecular complexity index is 361. The summed E-state index contributed by atoms with van der Waals surface area (Å²) < 4.78 is 0. The summed E-state index contributed by atoms with van der Waals surface area (Å²) in [4.78, 5) is 12.8. The van der Waals surface area contributed by atoms with E-state index in [1.54, 1.807) is 24.3 Å². The topological polar surface area (TPSA) is 60.8 Å². The average Bonchev–Trinajstić information content (AvgIpc) is 2.67. The molecule has 0 spiro atoms. The standard InChI is InChI=1S/C11H13NO3/c13-9-5-3-8(4-6-9)12-7-1-2-10(12)11(14)15/h3-6,10,13H,1-2,7H2,(H,14,15).